The van der Waals surface area contributed by atoms with Gasteiger partial charge in [-0.2, -0.15) is 5.48 Å². The van der Waals surface area contributed by atoms with Gasteiger partial charge in [-0.25, -0.2) is 9.37 Å². The van der Waals surface area contributed by atoms with E-state index in [1.165, 1.54) is 17.4 Å². The van der Waals surface area contributed by atoms with E-state index in [9.17, 15) is 14.0 Å². The Kier molecular flexibility index (Phi) is 6.97. The highest BCUT2D eigenvalue weighted by Crippen LogP contribution is 2.32. The van der Waals surface area contributed by atoms with Crippen molar-refractivity contribution < 1.29 is 23.3 Å². The number of hydrogen-bond donors (Lipinski definition) is 1. The molecule has 1 fully saturated rings. The summed E-state index contributed by atoms with van der Waals surface area (Å²) in [6, 6.07) is 5.46. The molecule has 1 aromatic carbocycles. The van der Waals surface area contributed by atoms with Crippen molar-refractivity contribution in [2.24, 2.45) is 5.92 Å². The Morgan fingerprint density at radius 1 is 1.29 bits per heavy atom. The maximum absolute atomic E-state index is 14.6. The second-order valence-electron chi connectivity index (χ2n) is 8.76. The second kappa shape index (κ2) is 9.92. The highest BCUT2D eigenvalue weighted by atomic mass is 32.1. The first kappa shape index (κ1) is 23.9. The van der Waals surface area contributed by atoms with Crippen molar-refractivity contribution in [2.75, 3.05) is 6.54 Å². The van der Waals surface area contributed by atoms with E-state index in [4.69, 9.17) is 9.36 Å². The molecule has 2 aromatic heterocycles. The summed E-state index contributed by atoms with van der Waals surface area (Å²) in [5, 5.41) is 3.90. The Bertz CT molecular complexity index is 1190. The van der Waals surface area contributed by atoms with Crippen LogP contribution in [0, 0.1) is 25.6 Å². The molecule has 2 atom stereocenters. The van der Waals surface area contributed by atoms with Gasteiger partial charge in [-0.1, -0.05) is 19.0 Å². The predicted molar refractivity (Wildman–Crippen MR) is 125 cm³/mol. The number of aryl methyl sites for hydroxylation is 2. The van der Waals surface area contributed by atoms with E-state index >= 15 is 0 Å². The quantitative estimate of drug-likeness (QED) is 0.498. The average Bonchev–Trinajstić information content (AvgIpc) is 3.53. The number of aromatic nitrogens is 2. The van der Waals surface area contributed by atoms with Crippen LogP contribution in [0.25, 0.3) is 10.4 Å². The van der Waals surface area contributed by atoms with Crippen LogP contribution >= 0.6 is 11.3 Å². The molecule has 10 heteroatoms. The first-order valence-corrected chi connectivity index (χ1v) is 12.0. The Morgan fingerprint density at radius 3 is 2.71 bits per heavy atom. The lowest BCUT2D eigenvalue weighted by atomic mass is 9.91. The van der Waals surface area contributed by atoms with Crippen LogP contribution < -0.4 is 10.3 Å². The third-order valence-corrected chi connectivity index (χ3v) is 6.89. The van der Waals surface area contributed by atoms with Crippen LogP contribution in [0.5, 0.6) is 5.75 Å². The van der Waals surface area contributed by atoms with E-state index in [1.54, 1.807) is 35.5 Å². The van der Waals surface area contributed by atoms with Gasteiger partial charge in [0.1, 0.15) is 23.5 Å². The lowest BCUT2D eigenvalue weighted by Gasteiger charge is -2.28. The van der Waals surface area contributed by atoms with Crippen LogP contribution in [-0.4, -0.2) is 39.4 Å². The van der Waals surface area contributed by atoms with Gasteiger partial charge in [-0.05, 0) is 44.7 Å². The highest BCUT2D eigenvalue weighted by molar-refractivity contribution is 7.13. The van der Waals surface area contributed by atoms with Gasteiger partial charge in [0.2, 0.25) is 5.91 Å². The standard InChI is InChI=1S/C24H27FN4O4S/c1-13(2)21(20-10-14(3)27-33-20)24(31)29-9-5-6-19(29)23(30)28-32-16-7-8-17(18(25)11-16)22-15(4)26-12-34-22/h7-8,10-13,19,21H,5-6,9H2,1-4H3,(H,28,30). The van der Waals surface area contributed by atoms with Crippen LogP contribution in [0.1, 0.15) is 49.8 Å². The van der Waals surface area contributed by atoms with Gasteiger partial charge in [0.05, 0.1) is 21.8 Å². The van der Waals surface area contributed by atoms with Gasteiger partial charge in [0.15, 0.2) is 5.75 Å². The summed E-state index contributed by atoms with van der Waals surface area (Å²) in [5.74, 6) is -1.03. The maximum atomic E-state index is 14.6. The monoisotopic (exact) mass is 486 g/mol. The fraction of sp³-hybridized carbons (Fsp3) is 0.417. The summed E-state index contributed by atoms with van der Waals surface area (Å²) in [6.45, 7) is 7.94. The van der Waals surface area contributed by atoms with Crippen molar-refractivity contribution in [3.8, 4) is 16.2 Å². The molecule has 1 saturated heterocycles. The zero-order valence-electron chi connectivity index (χ0n) is 19.5. The molecule has 1 N–H and O–H groups in total. The molecule has 0 aliphatic carbocycles. The third kappa shape index (κ3) is 4.82. The van der Waals surface area contributed by atoms with Crippen LogP contribution in [-0.2, 0) is 9.59 Å². The van der Waals surface area contributed by atoms with Crippen LogP contribution in [0.2, 0.25) is 0 Å². The molecule has 0 radical (unpaired) electrons. The molecule has 3 heterocycles. The SMILES string of the molecule is Cc1cc(C(C(=O)N2CCCC2C(=O)NOc2ccc(-c3scnc3C)c(F)c2)C(C)C)on1. The van der Waals surface area contributed by atoms with E-state index in [-0.39, 0.29) is 17.6 Å². The number of likely N-dealkylation sites (tertiary alicyclic amines) is 1. The topological polar surface area (TPSA) is 97.6 Å². The molecule has 2 unspecified atom stereocenters. The smallest absolute Gasteiger partial charge is 0.275 e. The van der Waals surface area contributed by atoms with Gasteiger partial charge in [0, 0.05) is 24.2 Å². The predicted octanol–water partition coefficient (Wildman–Crippen LogP) is 4.39. The van der Waals surface area contributed by atoms with Gasteiger partial charge >= 0.3 is 0 Å². The lowest BCUT2D eigenvalue weighted by molar-refractivity contribution is -0.143. The van der Waals surface area contributed by atoms with E-state index in [0.29, 0.717) is 36.4 Å². The molecule has 0 saturated carbocycles. The molecule has 0 bridgehead atoms. The molecule has 1 aliphatic rings. The number of carbonyl (C=O) groups excluding carboxylic acids is 2. The molecular formula is C24H27FN4O4S. The zero-order chi connectivity index (χ0) is 24.4. The van der Waals surface area contributed by atoms with Crippen molar-refractivity contribution in [3.63, 3.8) is 0 Å². The van der Waals surface area contributed by atoms with Gasteiger partial charge in [-0.3, -0.25) is 9.59 Å². The number of thiazole rings is 1. The summed E-state index contributed by atoms with van der Waals surface area (Å²) in [6.07, 6.45) is 1.21. The molecule has 8 nitrogen and oxygen atoms in total. The highest BCUT2D eigenvalue weighted by Gasteiger charge is 2.40. The number of halogens is 1. The first-order chi connectivity index (χ1) is 16.3. The number of benzene rings is 1. The Morgan fingerprint density at radius 2 is 2.09 bits per heavy atom. The number of amides is 2. The van der Waals surface area contributed by atoms with Gasteiger partial charge < -0.3 is 14.3 Å². The number of nitrogens with one attached hydrogen (secondary N) is 1. The van der Waals surface area contributed by atoms with Gasteiger partial charge in [0.25, 0.3) is 5.91 Å². The van der Waals surface area contributed by atoms with Crippen LogP contribution in [0.15, 0.2) is 34.3 Å². The summed E-state index contributed by atoms with van der Waals surface area (Å²) >= 11 is 1.35. The Balaban J connectivity index is 1.43. The van der Waals surface area contributed by atoms with Crippen molar-refractivity contribution in [3.05, 3.63) is 52.7 Å². The summed E-state index contributed by atoms with van der Waals surface area (Å²) < 4.78 is 20.0. The first-order valence-electron chi connectivity index (χ1n) is 11.2. The molecule has 3 aromatic rings. The maximum Gasteiger partial charge on any atom is 0.275 e. The molecule has 34 heavy (non-hydrogen) atoms. The molecule has 180 valence electrons. The molecular weight excluding hydrogens is 459 g/mol. The van der Waals surface area contributed by atoms with Crippen LogP contribution in [0.4, 0.5) is 4.39 Å². The summed E-state index contributed by atoms with van der Waals surface area (Å²) in [5.41, 5.74) is 5.92. The number of hydrogen-bond acceptors (Lipinski definition) is 7. The minimum atomic E-state index is -0.679. The summed E-state index contributed by atoms with van der Waals surface area (Å²) in [4.78, 5) is 38.1. The van der Waals surface area contributed by atoms with Gasteiger partial charge in [-0.15, -0.1) is 11.3 Å². The third-order valence-electron chi connectivity index (χ3n) is 5.92. The summed E-state index contributed by atoms with van der Waals surface area (Å²) in [7, 11) is 0. The number of hydroxylamine groups is 1. The Hall–Kier alpha value is -3.27. The number of nitrogens with zero attached hydrogens (tertiary/aromatic N) is 3. The normalized spacial score (nSPS) is 16.6. The molecule has 1 aliphatic heterocycles. The van der Waals surface area contributed by atoms with Crippen molar-refractivity contribution in [1.29, 1.82) is 0 Å². The van der Waals surface area contributed by atoms with Crippen molar-refractivity contribution in [2.45, 2.75) is 52.5 Å². The molecule has 2 amide bonds. The number of carbonyl (C=O) groups is 2. The van der Waals surface area contributed by atoms with E-state index in [2.05, 4.69) is 15.6 Å². The minimum absolute atomic E-state index is 0.0379. The zero-order valence-corrected chi connectivity index (χ0v) is 20.3. The second-order valence-corrected chi connectivity index (χ2v) is 9.61. The fourth-order valence-electron chi connectivity index (χ4n) is 4.23. The van der Waals surface area contributed by atoms with Crippen LogP contribution in [0.3, 0.4) is 0 Å². The van der Waals surface area contributed by atoms with Crippen molar-refractivity contribution >= 4 is 23.2 Å². The van der Waals surface area contributed by atoms with E-state index in [0.717, 1.165) is 10.6 Å². The minimum Gasteiger partial charge on any atom is -0.379 e. The molecule has 0 spiro atoms. The molecule has 4 rings (SSSR count). The van der Waals surface area contributed by atoms with E-state index < -0.39 is 23.7 Å². The number of rotatable bonds is 7. The largest absolute Gasteiger partial charge is 0.379 e. The average molecular weight is 487 g/mol. The Labute approximate surface area is 201 Å². The fourth-order valence-corrected chi connectivity index (χ4v) is 5.06. The lowest BCUT2D eigenvalue weighted by Crippen LogP contribution is -2.48. The van der Waals surface area contributed by atoms with Crippen molar-refractivity contribution in [1.82, 2.24) is 20.5 Å². The van der Waals surface area contributed by atoms with E-state index in [1.807, 2.05) is 20.8 Å².